The fourth-order valence-corrected chi connectivity index (χ4v) is 4.78. The molecule has 0 saturated carbocycles. The second-order valence-corrected chi connectivity index (χ2v) is 9.23. The number of likely N-dealkylation sites (tertiary alicyclic amines) is 1. The van der Waals surface area contributed by atoms with Gasteiger partial charge in [-0.25, -0.2) is 4.79 Å². The van der Waals surface area contributed by atoms with E-state index in [2.05, 4.69) is 25.7 Å². The number of phenols is 1. The molecule has 3 aromatic rings. The molecule has 1 unspecified atom stereocenters. The lowest BCUT2D eigenvalue weighted by Crippen LogP contribution is -2.35. The Morgan fingerprint density at radius 2 is 1.91 bits per heavy atom. The molecule has 1 aliphatic rings. The molecule has 174 valence electrons. The van der Waals surface area contributed by atoms with Crippen molar-refractivity contribution in [2.24, 2.45) is 0 Å². The molecule has 4 rings (SSSR count). The van der Waals surface area contributed by atoms with Gasteiger partial charge in [-0.2, -0.15) is 0 Å². The van der Waals surface area contributed by atoms with Crippen LogP contribution in [0.25, 0.3) is 11.5 Å². The third-order valence-corrected chi connectivity index (χ3v) is 6.64. The molecule has 1 aromatic heterocycles. The number of urea groups is 1. The number of aromatic hydroxyl groups is 1. The largest absolute Gasteiger partial charge is 0.508 e. The van der Waals surface area contributed by atoms with Crippen molar-refractivity contribution in [3.8, 4) is 17.2 Å². The maximum Gasteiger partial charge on any atom is 0.319 e. The number of nitrogens with one attached hydrogen (secondary N) is 2. The van der Waals surface area contributed by atoms with Gasteiger partial charge in [-0.15, -0.1) is 22.0 Å². The van der Waals surface area contributed by atoms with E-state index in [4.69, 9.17) is 4.42 Å². The highest BCUT2D eigenvalue weighted by molar-refractivity contribution is 7.99. The topological polar surface area (TPSA) is 104 Å². The zero-order chi connectivity index (χ0) is 23.0. The van der Waals surface area contributed by atoms with E-state index >= 15 is 0 Å². The summed E-state index contributed by atoms with van der Waals surface area (Å²) in [4.78, 5) is 14.5. The summed E-state index contributed by atoms with van der Waals surface area (Å²) >= 11 is 1.62. The number of benzene rings is 2. The van der Waals surface area contributed by atoms with Crippen LogP contribution in [-0.2, 0) is 0 Å². The summed E-state index contributed by atoms with van der Waals surface area (Å²) < 4.78 is 5.96. The first-order valence-electron chi connectivity index (χ1n) is 11.2. The lowest BCUT2D eigenvalue weighted by molar-refractivity contribution is 0.249. The van der Waals surface area contributed by atoms with Crippen LogP contribution in [0.2, 0.25) is 0 Å². The molecule has 2 aromatic carbocycles. The highest BCUT2D eigenvalue weighted by atomic mass is 32.2. The molecule has 33 heavy (non-hydrogen) atoms. The van der Waals surface area contributed by atoms with Crippen LogP contribution in [0.1, 0.15) is 36.5 Å². The number of amides is 2. The predicted molar refractivity (Wildman–Crippen MR) is 131 cm³/mol. The number of para-hydroxylation sites is 1. The number of rotatable bonds is 9. The van der Waals surface area contributed by atoms with Gasteiger partial charge < -0.3 is 25.1 Å². The Morgan fingerprint density at radius 3 is 2.64 bits per heavy atom. The minimum Gasteiger partial charge on any atom is -0.508 e. The molecule has 0 spiro atoms. The van der Waals surface area contributed by atoms with Crippen LogP contribution in [-0.4, -0.2) is 58.2 Å². The normalized spacial score (nSPS) is 14.8. The van der Waals surface area contributed by atoms with Gasteiger partial charge in [-0.05, 0) is 62.0 Å². The minimum atomic E-state index is -0.248. The summed E-state index contributed by atoms with van der Waals surface area (Å²) in [5.41, 5.74) is 2.19. The van der Waals surface area contributed by atoms with E-state index in [-0.39, 0.29) is 17.0 Å². The molecule has 3 N–H and O–H groups in total. The zero-order valence-electron chi connectivity index (χ0n) is 18.7. The fourth-order valence-electron chi connectivity index (χ4n) is 3.83. The van der Waals surface area contributed by atoms with Gasteiger partial charge in [0.1, 0.15) is 11.0 Å². The van der Waals surface area contributed by atoms with Gasteiger partial charge in [0.25, 0.3) is 0 Å². The molecule has 0 aliphatic carbocycles. The van der Waals surface area contributed by atoms with Crippen LogP contribution in [0.5, 0.6) is 5.75 Å². The van der Waals surface area contributed by atoms with E-state index in [1.54, 1.807) is 36.0 Å². The van der Waals surface area contributed by atoms with E-state index in [1.807, 2.05) is 31.2 Å². The minimum absolute atomic E-state index is 0.206. The van der Waals surface area contributed by atoms with E-state index < -0.39 is 0 Å². The highest BCUT2D eigenvalue weighted by Crippen LogP contribution is 2.39. The van der Waals surface area contributed by atoms with Crippen LogP contribution < -0.4 is 10.6 Å². The average Bonchev–Trinajstić information content (AvgIpc) is 3.51. The second-order valence-electron chi connectivity index (χ2n) is 7.85. The Bertz CT molecular complexity index is 1050. The molecule has 9 heteroatoms. The smallest absolute Gasteiger partial charge is 0.319 e. The zero-order valence-corrected chi connectivity index (χ0v) is 19.5. The molecule has 1 saturated heterocycles. The number of thioether (sulfide) groups is 1. The Labute approximate surface area is 197 Å². The van der Waals surface area contributed by atoms with Gasteiger partial charge >= 0.3 is 6.03 Å². The van der Waals surface area contributed by atoms with Gasteiger partial charge in [0.2, 0.25) is 11.8 Å². The van der Waals surface area contributed by atoms with Crippen molar-refractivity contribution in [1.29, 1.82) is 0 Å². The Hall–Kier alpha value is -3.04. The van der Waals surface area contributed by atoms with Gasteiger partial charge in [-0.3, -0.25) is 0 Å². The molecule has 1 atom stereocenters. The van der Waals surface area contributed by atoms with E-state index in [0.29, 0.717) is 24.0 Å². The van der Waals surface area contributed by atoms with Crippen molar-refractivity contribution in [3.63, 3.8) is 0 Å². The lowest BCUT2D eigenvalue weighted by Gasteiger charge is -2.15. The molecular formula is C24H29N5O3S. The Morgan fingerprint density at radius 1 is 1.15 bits per heavy atom. The van der Waals surface area contributed by atoms with Gasteiger partial charge in [0, 0.05) is 29.9 Å². The quantitative estimate of drug-likeness (QED) is 0.426. The number of hydrogen-bond acceptors (Lipinski definition) is 7. The monoisotopic (exact) mass is 467 g/mol. The van der Waals surface area contributed by atoms with Crippen molar-refractivity contribution in [3.05, 3.63) is 60.0 Å². The molecule has 0 bridgehead atoms. The molecular weight excluding hydrogens is 438 g/mol. The average molecular weight is 468 g/mol. The van der Waals surface area contributed by atoms with Crippen LogP contribution in [0.4, 0.5) is 10.5 Å². The van der Waals surface area contributed by atoms with Crippen LogP contribution in [0, 0.1) is 0 Å². The van der Waals surface area contributed by atoms with Gasteiger partial charge in [0.15, 0.2) is 0 Å². The third-order valence-electron chi connectivity index (χ3n) is 5.52. The first-order valence-corrected chi connectivity index (χ1v) is 12.3. The number of phenolic OH excluding ortho intramolecular Hbond substituents is 1. The van der Waals surface area contributed by atoms with Crippen LogP contribution in [0.15, 0.2) is 52.9 Å². The van der Waals surface area contributed by atoms with Crippen molar-refractivity contribution < 1.29 is 14.3 Å². The second kappa shape index (κ2) is 11.2. The van der Waals surface area contributed by atoms with Crippen molar-refractivity contribution >= 4 is 23.5 Å². The van der Waals surface area contributed by atoms with Crippen molar-refractivity contribution in [1.82, 2.24) is 20.4 Å². The number of carbonyl (C=O) groups is 1. The van der Waals surface area contributed by atoms with Crippen molar-refractivity contribution in [2.75, 3.05) is 37.2 Å². The van der Waals surface area contributed by atoms with E-state index in [0.717, 1.165) is 36.5 Å². The third kappa shape index (κ3) is 6.06. The first-order chi connectivity index (χ1) is 16.1. The van der Waals surface area contributed by atoms with Gasteiger partial charge in [0.05, 0.1) is 0 Å². The standard InChI is InChI=1S/C24H29N5O3S/c1-2-33-21(19-7-3-4-8-20(19)30)23-28-27-22(32-23)17-9-11-18(12-10-17)26-24(31)25-13-16-29-14-5-6-15-29/h3-4,7-12,21,30H,2,5-6,13-16H2,1H3,(H2,25,26,31). The Kier molecular flexibility index (Phi) is 7.85. The summed E-state index contributed by atoms with van der Waals surface area (Å²) in [7, 11) is 0. The van der Waals surface area contributed by atoms with E-state index in [9.17, 15) is 9.90 Å². The summed E-state index contributed by atoms with van der Waals surface area (Å²) in [6.45, 7) is 5.79. The molecule has 1 fully saturated rings. The summed E-state index contributed by atoms with van der Waals surface area (Å²) in [5, 5.41) is 24.2. The summed E-state index contributed by atoms with van der Waals surface area (Å²) in [6, 6.07) is 14.2. The summed E-state index contributed by atoms with van der Waals surface area (Å²) in [5.74, 6) is 1.87. The Balaban J connectivity index is 1.37. The van der Waals surface area contributed by atoms with Crippen LogP contribution >= 0.6 is 11.8 Å². The van der Waals surface area contributed by atoms with Crippen LogP contribution in [0.3, 0.4) is 0 Å². The number of carbonyl (C=O) groups excluding carboxylic acids is 1. The molecule has 2 heterocycles. The maximum absolute atomic E-state index is 12.1. The highest BCUT2D eigenvalue weighted by Gasteiger charge is 2.24. The molecule has 2 amide bonds. The number of nitrogens with zero attached hydrogens (tertiary/aromatic N) is 3. The molecule has 8 nitrogen and oxygen atoms in total. The molecule has 0 radical (unpaired) electrons. The first kappa shape index (κ1) is 23.1. The lowest BCUT2D eigenvalue weighted by atomic mass is 10.1. The number of hydrogen-bond donors (Lipinski definition) is 3. The maximum atomic E-state index is 12.1. The SMILES string of the molecule is CCSC(c1nnc(-c2ccc(NC(=O)NCCN3CCCC3)cc2)o1)c1ccccc1O. The number of anilines is 1. The predicted octanol–water partition coefficient (Wildman–Crippen LogP) is 4.50. The summed E-state index contributed by atoms with van der Waals surface area (Å²) in [6.07, 6.45) is 2.49. The van der Waals surface area contributed by atoms with Gasteiger partial charge in [-0.1, -0.05) is 25.1 Å². The van der Waals surface area contributed by atoms with Crippen molar-refractivity contribution in [2.45, 2.75) is 25.0 Å². The molecule has 1 aliphatic heterocycles. The number of aromatic nitrogens is 2. The van der Waals surface area contributed by atoms with E-state index in [1.165, 1.54) is 12.8 Å². The fraction of sp³-hybridized carbons (Fsp3) is 0.375.